The average molecular weight is 215 g/mol. The van der Waals surface area contributed by atoms with Gasteiger partial charge >= 0.3 is 0 Å². The third-order valence-corrected chi connectivity index (χ3v) is 3.18. The lowest BCUT2D eigenvalue weighted by Gasteiger charge is -2.17. The Morgan fingerprint density at radius 1 is 1.20 bits per heavy atom. The van der Waals surface area contributed by atoms with E-state index in [1.165, 1.54) is 38.5 Å². The van der Waals surface area contributed by atoms with Gasteiger partial charge in [-0.3, -0.25) is 0 Å². The van der Waals surface area contributed by atoms with Crippen molar-refractivity contribution in [2.45, 2.75) is 64.8 Å². The molecule has 15 heavy (non-hydrogen) atoms. The zero-order valence-electron chi connectivity index (χ0n) is 10.8. The van der Waals surface area contributed by atoms with E-state index in [-0.39, 0.29) is 0 Å². The zero-order valence-corrected chi connectivity index (χ0v) is 10.8. The molecule has 0 aromatic heterocycles. The first-order valence-corrected chi connectivity index (χ1v) is 6.58. The van der Waals surface area contributed by atoms with Gasteiger partial charge in [-0.2, -0.15) is 0 Å². The Morgan fingerprint density at radius 3 is 2.33 bits per heavy atom. The van der Waals surface area contributed by atoms with Crippen LogP contribution in [0.15, 0.2) is 0 Å². The van der Waals surface area contributed by atoms with Crippen LogP contribution in [0.5, 0.6) is 0 Å². The molecule has 0 spiro atoms. The van der Waals surface area contributed by atoms with Gasteiger partial charge in [-0.25, -0.2) is 0 Å². The first-order chi connectivity index (χ1) is 7.29. The molecule has 2 heteroatoms. The monoisotopic (exact) mass is 215 g/mol. The maximum Gasteiger partial charge on any atom is 0.0428 e. The lowest BCUT2D eigenvalue weighted by molar-refractivity contribution is 0.295. The Kier molecular flexibility index (Phi) is 10.4. The van der Waals surface area contributed by atoms with Gasteiger partial charge in [0, 0.05) is 12.6 Å². The minimum absolute atomic E-state index is 0.319. The molecule has 2 atom stereocenters. The van der Waals surface area contributed by atoms with Gasteiger partial charge in [0.1, 0.15) is 0 Å². The number of hydrogen-bond acceptors (Lipinski definition) is 2. The molecule has 0 aromatic carbocycles. The quantitative estimate of drug-likeness (QED) is 0.739. The molecule has 0 amide bonds. The summed E-state index contributed by atoms with van der Waals surface area (Å²) in [6, 6.07) is 0.835. The van der Waals surface area contributed by atoms with Crippen molar-refractivity contribution >= 4 is 0 Å². The van der Waals surface area contributed by atoms with E-state index >= 15 is 0 Å². The van der Waals surface area contributed by atoms with Crippen LogP contribution in [0.3, 0.4) is 0 Å². The standard InChI is InChI=1S/C10H21N.C3H8O/c1-3-4-6-9-7-5-8-10(9)11-2;1-2-3-4/h9-11H,3-8H2,1-2H3;4H,2-3H2,1H3. The van der Waals surface area contributed by atoms with Crippen molar-refractivity contribution < 1.29 is 5.11 Å². The van der Waals surface area contributed by atoms with E-state index < -0.39 is 0 Å². The third-order valence-electron chi connectivity index (χ3n) is 3.18. The molecule has 1 aliphatic carbocycles. The van der Waals surface area contributed by atoms with Crippen molar-refractivity contribution in [3.63, 3.8) is 0 Å². The highest BCUT2D eigenvalue weighted by atomic mass is 16.2. The topological polar surface area (TPSA) is 32.3 Å². The second-order valence-electron chi connectivity index (χ2n) is 4.45. The first-order valence-electron chi connectivity index (χ1n) is 6.58. The van der Waals surface area contributed by atoms with Crippen LogP contribution in [-0.4, -0.2) is 24.8 Å². The highest BCUT2D eigenvalue weighted by molar-refractivity contribution is 4.81. The largest absolute Gasteiger partial charge is 0.396 e. The number of rotatable bonds is 5. The Bertz CT molecular complexity index is 126. The van der Waals surface area contributed by atoms with Gasteiger partial charge in [-0.05, 0) is 38.6 Å². The molecule has 92 valence electrons. The normalized spacial score (nSPS) is 24.8. The van der Waals surface area contributed by atoms with Crippen molar-refractivity contribution in [1.82, 2.24) is 5.32 Å². The predicted octanol–water partition coefficient (Wildman–Crippen LogP) is 2.95. The van der Waals surface area contributed by atoms with E-state index in [9.17, 15) is 0 Å². The summed E-state index contributed by atoms with van der Waals surface area (Å²) in [5.41, 5.74) is 0. The molecule has 0 aliphatic heterocycles. The van der Waals surface area contributed by atoms with Crippen LogP contribution in [0, 0.1) is 5.92 Å². The van der Waals surface area contributed by atoms with Crippen molar-refractivity contribution in [3.05, 3.63) is 0 Å². The molecule has 2 nitrogen and oxygen atoms in total. The number of unbranched alkanes of at least 4 members (excludes halogenated alkanes) is 1. The molecular weight excluding hydrogens is 186 g/mol. The van der Waals surface area contributed by atoms with E-state index in [4.69, 9.17) is 5.11 Å². The summed E-state index contributed by atoms with van der Waals surface area (Å²) in [5, 5.41) is 11.3. The maximum atomic E-state index is 7.88. The molecule has 0 saturated heterocycles. The van der Waals surface area contributed by atoms with Gasteiger partial charge in [0.15, 0.2) is 0 Å². The first kappa shape index (κ1) is 14.9. The number of nitrogens with one attached hydrogen (secondary N) is 1. The minimum Gasteiger partial charge on any atom is -0.396 e. The molecule has 0 aromatic rings. The maximum absolute atomic E-state index is 7.88. The minimum atomic E-state index is 0.319. The Morgan fingerprint density at radius 2 is 1.87 bits per heavy atom. The second-order valence-corrected chi connectivity index (χ2v) is 4.45. The summed E-state index contributed by atoms with van der Waals surface area (Å²) >= 11 is 0. The van der Waals surface area contributed by atoms with Gasteiger partial charge in [0.25, 0.3) is 0 Å². The van der Waals surface area contributed by atoms with Gasteiger partial charge in [-0.15, -0.1) is 0 Å². The SMILES string of the molecule is CCCCC1CCCC1NC.CCCO. The lowest BCUT2D eigenvalue weighted by atomic mass is 9.97. The predicted molar refractivity (Wildman–Crippen MR) is 67.1 cm³/mol. The molecule has 1 aliphatic rings. The van der Waals surface area contributed by atoms with Crippen molar-refractivity contribution in [3.8, 4) is 0 Å². The smallest absolute Gasteiger partial charge is 0.0428 e. The molecule has 0 bridgehead atoms. The molecule has 2 N–H and O–H groups in total. The van der Waals surface area contributed by atoms with Crippen LogP contribution in [0.2, 0.25) is 0 Å². The summed E-state index contributed by atoms with van der Waals surface area (Å²) < 4.78 is 0. The van der Waals surface area contributed by atoms with Crippen molar-refractivity contribution in [1.29, 1.82) is 0 Å². The number of aliphatic hydroxyl groups excluding tert-OH is 1. The fraction of sp³-hybridized carbons (Fsp3) is 1.00. The van der Waals surface area contributed by atoms with E-state index in [2.05, 4.69) is 19.3 Å². The number of aliphatic hydroxyl groups is 1. The third kappa shape index (κ3) is 6.91. The van der Waals surface area contributed by atoms with Gasteiger partial charge in [-0.1, -0.05) is 33.1 Å². The Balaban J connectivity index is 0.000000423. The summed E-state index contributed by atoms with van der Waals surface area (Å²) in [7, 11) is 2.11. The van der Waals surface area contributed by atoms with Crippen LogP contribution < -0.4 is 5.32 Å². The van der Waals surface area contributed by atoms with Crippen LogP contribution >= 0.6 is 0 Å². The van der Waals surface area contributed by atoms with Gasteiger partial charge in [0.2, 0.25) is 0 Å². The fourth-order valence-electron chi connectivity index (χ4n) is 2.23. The van der Waals surface area contributed by atoms with E-state index in [1.807, 2.05) is 6.92 Å². The van der Waals surface area contributed by atoms with E-state index in [0.29, 0.717) is 6.61 Å². The van der Waals surface area contributed by atoms with E-state index in [1.54, 1.807) is 0 Å². The van der Waals surface area contributed by atoms with Crippen LogP contribution in [-0.2, 0) is 0 Å². The van der Waals surface area contributed by atoms with Gasteiger partial charge in [0.05, 0.1) is 0 Å². The fourth-order valence-corrected chi connectivity index (χ4v) is 2.23. The summed E-state index contributed by atoms with van der Waals surface area (Å²) in [5.74, 6) is 0.986. The van der Waals surface area contributed by atoms with E-state index in [0.717, 1.165) is 18.4 Å². The highest BCUT2D eigenvalue weighted by Crippen LogP contribution is 2.29. The Hall–Kier alpha value is -0.0800. The second kappa shape index (κ2) is 10.4. The number of hydrogen-bond donors (Lipinski definition) is 2. The van der Waals surface area contributed by atoms with Crippen molar-refractivity contribution in [2.24, 2.45) is 5.92 Å². The average Bonchev–Trinajstić information content (AvgIpc) is 2.74. The molecule has 0 heterocycles. The van der Waals surface area contributed by atoms with Crippen LogP contribution in [0.1, 0.15) is 58.8 Å². The molecule has 1 fully saturated rings. The molecule has 2 unspecified atom stereocenters. The molecular formula is C13H29NO. The summed E-state index contributed by atoms with van der Waals surface area (Å²) in [6.07, 6.45) is 9.41. The van der Waals surface area contributed by atoms with Crippen LogP contribution in [0.4, 0.5) is 0 Å². The zero-order chi connectivity index (χ0) is 11.5. The molecule has 1 rings (SSSR count). The molecule has 0 radical (unpaired) electrons. The highest BCUT2D eigenvalue weighted by Gasteiger charge is 2.24. The summed E-state index contributed by atoms with van der Waals surface area (Å²) in [4.78, 5) is 0. The Labute approximate surface area is 95.5 Å². The van der Waals surface area contributed by atoms with Gasteiger partial charge < -0.3 is 10.4 Å². The van der Waals surface area contributed by atoms with Crippen LogP contribution in [0.25, 0.3) is 0 Å². The lowest BCUT2D eigenvalue weighted by Crippen LogP contribution is -2.28. The molecule has 1 saturated carbocycles. The van der Waals surface area contributed by atoms with Crippen molar-refractivity contribution in [2.75, 3.05) is 13.7 Å². The summed E-state index contributed by atoms with van der Waals surface area (Å²) in [6.45, 7) is 4.53.